The number of esters is 1. The predicted octanol–water partition coefficient (Wildman–Crippen LogP) is 2.17. The smallest absolute Gasteiger partial charge is 0.354 e. The van der Waals surface area contributed by atoms with Crippen molar-refractivity contribution in [2.75, 3.05) is 4.90 Å². The van der Waals surface area contributed by atoms with Crippen LogP contribution in [0, 0.1) is 6.92 Å². The summed E-state index contributed by atoms with van der Waals surface area (Å²) in [6.45, 7) is 1.67. The minimum atomic E-state index is -1.43. The number of anilines is 1. The third-order valence-electron chi connectivity index (χ3n) is 5.57. The first-order valence-corrected chi connectivity index (χ1v) is 9.37. The molecule has 0 unspecified atom stereocenters. The van der Waals surface area contributed by atoms with Crippen LogP contribution >= 0.6 is 0 Å². The number of para-hydroxylation sites is 1. The van der Waals surface area contributed by atoms with E-state index >= 15 is 0 Å². The normalized spacial score (nSPS) is 23.6. The van der Waals surface area contributed by atoms with E-state index in [1.807, 2.05) is 0 Å². The molecule has 3 heterocycles. The molecule has 144 valence electrons. The Morgan fingerprint density at radius 2 is 2.11 bits per heavy atom. The number of hydrogen-bond acceptors (Lipinski definition) is 6. The van der Waals surface area contributed by atoms with Gasteiger partial charge in [0.25, 0.3) is 5.91 Å². The summed E-state index contributed by atoms with van der Waals surface area (Å²) < 4.78 is 10.6. The number of ether oxygens (including phenoxy) is 1. The molecule has 8 nitrogen and oxygen atoms in total. The van der Waals surface area contributed by atoms with E-state index in [2.05, 4.69) is 5.16 Å². The summed E-state index contributed by atoms with van der Waals surface area (Å²) in [4.78, 5) is 42.5. The molecule has 28 heavy (non-hydrogen) atoms. The third-order valence-corrected chi connectivity index (χ3v) is 5.57. The SMILES string of the molecule is Cc1cc(COC(=O)[C@]23CCC(=O)N2c2ccccc2C(=O)N3C2CC2)no1. The highest BCUT2D eigenvalue weighted by Gasteiger charge is 2.64. The van der Waals surface area contributed by atoms with Gasteiger partial charge >= 0.3 is 5.97 Å². The summed E-state index contributed by atoms with van der Waals surface area (Å²) >= 11 is 0. The molecule has 1 saturated heterocycles. The van der Waals surface area contributed by atoms with Gasteiger partial charge in [-0.05, 0) is 31.9 Å². The van der Waals surface area contributed by atoms with Crippen molar-refractivity contribution in [1.29, 1.82) is 0 Å². The molecule has 0 radical (unpaired) electrons. The molecule has 0 bridgehead atoms. The zero-order chi connectivity index (χ0) is 19.5. The average molecular weight is 381 g/mol. The molecule has 1 saturated carbocycles. The van der Waals surface area contributed by atoms with Crippen molar-refractivity contribution in [2.45, 2.75) is 50.9 Å². The lowest BCUT2D eigenvalue weighted by molar-refractivity contribution is -0.159. The lowest BCUT2D eigenvalue weighted by Gasteiger charge is -2.48. The molecule has 1 aliphatic carbocycles. The zero-order valence-corrected chi connectivity index (χ0v) is 15.4. The fourth-order valence-corrected chi connectivity index (χ4v) is 4.25. The van der Waals surface area contributed by atoms with Gasteiger partial charge in [-0.15, -0.1) is 0 Å². The van der Waals surface area contributed by atoms with Crippen LogP contribution in [0.3, 0.4) is 0 Å². The average Bonchev–Trinajstić information content (AvgIpc) is 3.34. The van der Waals surface area contributed by atoms with Gasteiger partial charge in [-0.2, -0.15) is 0 Å². The Balaban J connectivity index is 1.57. The molecule has 2 aromatic rings. The summed E-state index contributed by atoms with van der Waals surface area (Å²) in [7, 11) is 0. The highest BCUT2D eigenvalue weighted by atomic mass is 16.5. The van der Waals surface area contributed by atoms with Crippen molar-refractivity contribution >= 4 is 23.5 Å². The van der Waals surface area contributed by atoms with E-state index in [1.54, 1.807) is 42.2 Å². The molecule has 2 amide bonds. The van der Waals surface area contributed by atoms with E-state index < -0.39 is 11.6 Å². The topological polar surface area (TPSA) is 93.0 Å². The van der Waals surface area contributed by atoms with Crippen molar-refractivity contribution in [3.8, 4) is 0 Å². The van der Waals surface area contributed by atoms with E-state index in [0.717, 1.165) is 12.8 Å². The molecular weight excluding hydrogens is 362 g/mol. The van der Waals surface area contributed by atoms with Gasteiger partial charge in [-0.1, -0.05) is 17.3 Å². The maximum absolute atomic E-state index is 13.4. The number of carbonyl (C=O) groups is 3. The molecule has 0 N–H and O–H groups in total. The summed E-state index contributed by atoms with van der Waals surface area (Å²) in [5, 5.41) is 3.84. The van der Waals surface area contributed by atoms with Crippen LogP contribution < -0.4 is 4.90 Å². The van der Waals surface area contributed by atoms with Crippen LogP contribution in [0.25, 0.3) is 0 Å². The highest BCUT2D eigenvalue weighted by Crippen LogP contribution is 2.49. The number of rotatable bonds is 4. The van der Waals surface area contributed by atoms with E-state index in [-0.39, 0.29) is 37.3 Å². The number of nitrogens with zero attached hydrogens (tertiary/aromatic N) is 3. The van der Waals surface area contributed by atoms with Crippen LogP contribution in [-0.4, -0.2) is 39.5 Å². The summed E-state index contributed by atoms with van der Waals surface area (Å²) in [5.41, 5.74) is -0.0254. The Hall–Kier alpha value is -3.16. The van der Waals surface area contributed by atoms with Gasteiger partial charge in [0.15, 0.2) is 0 Å². The van der Waals surface area contributed by atoms with Crippen molar-refractivity contribution in [1.82, 2.24) is 10.1 Å². The first-order chi connectivity index (χ1) is 13.5. The molecule has 1 aromatic carbocycles. The second kappa shape index (κ2) is 5.92. The van der Waals surface area contributed by atoms with E-state index in [1.165, 1.54) is 4.90 Å². The predicted molar refractivity (Wildman–Crippen MR) is 96.1 cm³/mol. The zero-order valence-electron chi connectivity index (χ0n) is 15.4. The molecule has 1 atom stereocenters. The van der Waals surface area contributed by atoms with Crippen LogP contribution in [0.15, 0.2) is 34.9 Å². The quantitative estimate of drug-likeness (QED) is 0.754. The van der Waals surface area contributed by atoms with Crippen molar-refractivity contribution in [3.05, 3.63) is 47.3 Å². The molecule has 0 spiro atoms. The minimum Gasteiger partial charge on any atom is -0.456 e. The maximum atomic E-state index is 13.4. The molecule has 8 heteroatoms. The Kier molecular flexibility index (Phi) is 3.59. The summed E-state index contributed by atoms with van der Waals surface area (Å²) in [6.07, 6.45) is 2.03. The Morgan fingerprint density at radius 3 is 2.82 bits per heavy atom. The standard InChI is InChI=1S/C20H19N3O5/c1-12-10-13(21-28-12)11-27-19(26)20-9-8-17(24)23(20)16-5-3-2-4-15(16)18(25)22(20)14-6-7-14/h2-5,10,14H,6-9,11H2,1H3/t20-/m0/s1. The highest BCUT2D eigenvalue weighted by molar-refractivity contribution is 6.15. The van der Waals surface area contributed by atoms with Gasteiger partial charge in [-0.3, -0.25) is 14.5 Å². The molecule has 3 aliphatic rings. The van der Waals surface area contributed by atoms with Gasteiger partial charge in [0.1, 0.15) is 18.1 Å². The minimum absolute atomic E-state index is 0.0592. The monoisotopic (exact) mass is 381 g/mol. The fourth-order valence-electron chi connectivity index (χ4n) is 4.25. The molecule has 2 aliphatic heterocycles. The number of aromatic nitrogens is 1. The molecule has 5 rings (SSSR count). The lowest BCUT2D eigenvalue weighted by atomic mass is 9.96. The Morgan fingerprint density at radius 1 is 1.32 bits per heavy atom. The number of fused-ring (bicyclic) bond motifs is 3. The van der Waals surface area contributed by atoms with Crippen LogP contribution in [0.1, 0.15) is 47.5 Å². The van der Waals surface area contributed by atoms with E-state index in [4.69, 9.17) is 9.26 Å². The summed E-state index contributed by atoms with van der Waals surface area (Å²) in [6, 6.07) is 8.56. The van der Waals surface area contributed by atoms with Crippen molar-refractivity contribution in [3.63, 3.8) is 0 Å². The molecule has 2 fully saturated rings. The van der Waals surface area contributed by atoms with Gasteiger partial charge in [0, 0.05) is 24.9 Å². The number of benzene rings is 1. The second-order valence-corrected chi connectivity index (χ2v) is 7.47. The van der Waals surface area contributed by atoms with Crippen LogP contribution in [0.2, 0.25) is 0 Å². The van der Waals surface area contributed by atoms with Crippen LogP contribution in [0.5, 0.6) is 0 Å². The fraction of sp³-hybridized carbons (Fsp3) is 0.400. The van der Waals surface area contributed by atoms with Gasteiger partial charge in [0.05, 0.1) is 11.3 Å². The lowest BCUT2D eigenvalue weighted by Crippen LogP contribution is -2.69. The maximum Gasteiger partial charge on any atom is 0.354 e. The van der Waals surface area contributed by atoms with Crippen LogP contribution in [-0.2, 0) is 20.9 Å². The number of hydrogen-bond donors (Lipinski definition) is 0. The van der Waals surface area contributed by atoms with Gasteiger partial charge in [0.2, 0.25) is 11.6 Å². The Bertz CT molecular complexity index is 995. The van der Waals surface area contributed by atoms with Gasteiger partial charge in [-0.25, -0.2) is 4.79 Å². The largest absolute Gasteiger partial charge is 0.456 e. The van der Waals surface area contributed by atoms with Crippen LogP contribution in [0.4, 0.5) is 5.69 Å². The molecule has 1 aromatic heterocycles. The number of aryl methyl sites for hydroxylation is 1. The van der Waals surface area contributed by atoms with Gasteiger partial charge < -0.3 is 14.2 Å². The van der Waals surface area contributed by atoms with E-state index in [9.17, 15) is 14.4 Å². The van der Waals surface area contributed by atoms with Crippen molar-refractivity contribution in [2.24, 2.45) is 0 Å². The first-order valence-electron chi connectivity index (χ1n) is 9.37. The molecular formula is C20H19N3O5. The Labute approximate surface area is 161 Å². The number of carbonyl (C=O) groups excluding carboxylic acids is 3. The number of amides is 2. The summed E-state index contributed by atoms with van der Waals surface area (Å²) in [5.74, 6) is -0.393. The third kappa shape index (κ3) is 2.30. The first kappa shape index (κ1) is 17.0. The van der Waals surface area contributed by atoms with Crippen molar-refractivity contribution < 1.29 is 23.6 Å². The van der Waals surface area contributed by atoms with E-state index in [0.29, 0.717) is 22.7 Å². The second-order valence-electron chi connectivity index (χ2n) is 7.47.